The lowest BCUT2D eigenvalue weighted by atomic mass is 10.4. The number of nitrogens with one attached hydrogen (secondary N) is 1. The van der Waals surface area contributed by atoms with Crippen LogP contribution in [0.5, 0.6) is 0 Å². The molecule has 1 unspecified atom stereocenters. The molecule has 1 atom stereocenters. The van der Waals surface area contributed by atoms with E-state index in [0.29, 0.717) is 11.8 Å². The summed E-state index contributed by atoms with van der Waals surface area (Å²) in [6.07, 6.45) is -4.58. The van der Waals surface area contributed by atoms with Crippen molar-refractivity contribution in [3.63, 3.8) is 0 Å². The van der Waals surface area contributed by atoms with E-state index in [4.69, 9.17) is 5.73 Å². The van der Waals surface area contributed by atoms with Crippen LogP contribution in [0.25, 0.3) is 0 Å². The smallest absolute Gasteiger partial charge is 0.384 e. The summed E-state index contributed by atoms with van der Waals surface area (Å²) in [5.41, 5.74) is 5.36. The summed E-state index contributed by atoms with van der Waals surface area (Å²) in [4.78, 5) is 6.64. The average Bonchev–Trinajstić information content (AvgIpc) is 2.36. The molecule has 1 aromatic heterocycles. The van der Waals surface area contributed by atoms with E-state index < -0.39 is 12.0 Å². The van der Waals surface area contributed by atoms with Gasteiger partial charge < -0.3 is 11.1 Å². The monoisotopic (exact) mass is 310 g/mol. The molecule has 4 nitrogen and oxygen atoms in total. The molecule has 0 spiro atoms. The van der Waals surface area contributed by atoms with E-state index in [1.807, 2.05) is 23.5 Å². The molecule has 1 aliphatic heterocycles. The number of anilines is 2. The first kappa shape index (κ1) is 14.6. The molecule has 0 amide bonds. The lowest BCUT2D eigenvalue weighted by Crippen LogP contribution is -2.24. The van der Waals surface area contributed by atoms with Gasteiger partial charge >= 0.3 is 6.18 Å². The predicted octanol–water partition coefficient (Wildman–Crippen LogP) is 2.34. The molecule has 2 heterocycles. The Balaban J connectivity index is 2.01. The Bertz CT molecular complexity index is 435. The highest BCUT2D eigenvalue weighted by molar-refractivity contribution is 8.06. The number of thioether (sulfide) groups is 2. The third-order valence-electron chi connectivity index (χ3n) is 2.40. The Kier molecular flexibility index (Phi) is 4.67. The van der Waals surface area contributed by atoms with E-state index in [-0.39, 0.29) is 11.6 Å². The zero-order chi connectivity index (χ0) is 13.9. The molecule has 1 fully saturated rings. The third kappa shape index (κ3) is 4.34. The molecular weight excluding hydrogens is 297 g/mol. The minimum absolute atomic E-state index is 0.121. The normalized spacial score (nSPS) is 20.3. The molecule has 106 valence electrons. The topological polar surface area (TPSA) is 63.8 Å². The van der Waals surface area contributed by atoms with Crippen molar-refractivity contribution in [2.75, 3.05) is 34.9 Å². The van der Waals surface area contributed by atoms with Gasteiger partial charge in [0, 0.05) is 35.1 Å². The second-order valence-corrected chi connectivity index (χ2v) is 6.51. The Morgan fingerprint density at radius 1 is 1.37 bits per heavy atom. The minimum atomic E-state index is -4.58. The van der Waals surface area contributed by atoms with Crippen LogP contribution >= 0.6 is 23.5 Å². The largest absolute Gasteiger partial charge is 0.451 e. The van der Waals surface area contributed by atoms with Gasteiger partial charge in [0.05, 0.1) is 0 Å². The van der Waals surface area contributed by atoms with Crippen LogP contribution in [-0.4, -0.2) is 39.0 Å². The van der Waals surface area contributed by atoms with E-state index in [2.05, 4.69) is 15.3 Å². The second kappa shape index (κ2) is 6.08. The summed E-state index contributed by atoms with van der Waals surface area (Å²) < 4.78 is 37.6. The highest BCUT2D eigenvalue weighted by atomic mass is 32.2. The van der Waals surface area contributed by atoms with Crippen molar-refractivity contribution in [1.82, 2.24) is 9.97 Å². The van der Waals surface area contributed by atoms with Crippen LogP contribution in [0.15, 0.2) is 6.07 Å². The van der Waals surface area contributed by atoms with Crippen LogP contribution in [0, 0.1) is 0 Å². The highest BCUT2D eigenvalue weighted by Gasteiger charge is 2.35. The molecule has 0 aromatic carbocycles. The lowest BCUT2D eigenvalue weighted by Gasteiger charge is -2.21. The van der Waals surface area contributed by atoms with Crippen molar-refractivity contribution in [2.45, 2.75) is 11.4 Å². The molecular formula is C10H13F3N4S2. The van der Waals surface area contributed by atoms with Crippen LogP contribution < -0.4 is 11.1 Å². The van der Waals surface area contributed by atoms with E-state index in [1.54, 1.807) is 0 Å². The number of alkyl halides is 3. The number of hydrogen-bond donors (Lipinski definition) is 2. The van der Waals surface area contributed by atoms with Gasteiger partial charge in [0.1, 0.15) is 11.6 Å². The lowest BCUT2D eigenvalue weighted by molar-refractivity contribution is -0.144. The first-order chi connectivity index (χ1) is 8.95. The molecule has 0 radical (unpaired) electrons. The van der Waals surface area contributed by atoms with Gasteiger partial charge in [-0.3, -0.25) is 0 Å². The molecule has 9 heteroatoms. The zero-order valence-corrected chi connectivity index (χ0v) is 11.5. The first-order valence-corrected chi connectivity index (χ1v) is 7.80. The van der Waals surface area contributed by atoms with Crippen molar-refractivity contribution in [3.8, 4) is 0 Å². The fourth-order valence-electron chi connectivity index (χ4n) is 1.56. The highest BCUT2D eigenvalue weighted by Crippen LogP contribution is 2.28. The van der Waals surface area contributed by atoms with Crippen LogP contribution in [0.2, 0.25) is 0 Å². The molecule has 19 heavy (non-hydrogen) atoms. The number of hydrogen-bond acceptors (Lipinski definition) is 6. The summed E-state index contributed by atoms with van der Waals surface area (Å²) in [5, 5.41) is 3.28. The van der Waals surface area contributed by atoms with Crippen molar-refractivity contribution in [3.05, 3.63) is 11.9 Å². The Hall–Kier alpha value is -0.830. The maximum Gasteiger partial charge on any atom is 0.451 e. The van der Waals surface area contributed by atoms with Gasteiger partial charge in [0.2, 0.25) is 5.82 Å². The summed E-state index contributed by atoms with van der Waals surface area (Å²) >= 11 is 3.67. The predicted molar refractivity (Wildman–Crippen MR) is 73.5 cm³/mol. The molecule has 3 N–H and O–H groups in total. The third-order valence-corrected chi connectivity index (χ3v) is 5.24. The van der Waals surface area contributed by atoms with Gasteiger partial charge in [0.25, 0.3) is 0 Å². The number of nitrogen functional groups attached to an aromatic ring is 1. The average molecular weight is 310 g/mol. The molecule has 1 aromatic rings. The van der Waals surface area contributed by atoms with Crippen LogP contribution in [0.4, 0.5) is 24.8 Å². The summed E-state index contributed by atoms with van der Waals surface area (Å²) in [6.45, 7) is 0.575. The maximum absolute atomic E-state index is 12.5. The van der Waals surface area contributed by atoms with Crippen molar-refractivity contribution < 1.29 is 13.2 Å². The molecule has 0 saturated carbocycles. The molecule has 2 rings (SSSR count). The number of rotatable bonds is 3. The molecule has 0 aliphatic carbocycles. The summed E-state index contributed by atoms with van der Waals surface area (Å²) in [7, 11) is 0. The van der Waals surface area contributed by atoms with E-state index >= 15 is 0 Å². The summed E-state index contributed by atoms with van der Waals surface area (Å²) in [6, 6.07) is 1.32. The molecule has 0 bridgehead atoms. The van der Waals surface area contributed by atoms with Crippen LogP contribution in [0.3, 0.4) is 0 Å². The minimum Gasteiger partial charge on any atom is -0.384 e. The quantitative estimate of drug-likeness (QED) is 0.893. The van der Waals surface area contributed by atoms with Crippen LogP contribution in [0.1, 0.15) is 5.82 Å². The van der Waals surface area contributed by atoms with Gasteiger partial charge in [0.15, 0.2) is 0 Å². The zero-order valence-electron chi connectivity index (χ0n) is 9.91. The van der Waals surface area contributed by atoms with Gasteiger partial charge in [-0.2, -0.15) is 36.7 Å². The number of halogens is 3. The van der Waals surface area contributed by atoms with Gasteiger partial charge in [-0.05, 0) is 0 Å². The van der Waals surface area contributed by atoms with E-state index in [1.165, 1.54) is 6.07 Å². The SMILES string of the molecule is Nc1cc(NCC2CSCCS2)nc(C(F)(F)F)n1. The van der Waals surface area contributed by atoms with Crippen molar-refractivity contribution >= 4 is 35.2 Å². The first-order valence-electron chi connectivity index (χ1n) is 5.60. The Morgan fingerprint density at radius 3 is 2.79 bits per heavy atom. The number of nitrogens with zero attached hydrogens (tertiary/aromatic N) is 2. The molecule has 1 saturated heterocycles. The number of nitrogens with two attached hydrogens (primary N) is 1. The van der Waals surface area contributed by atoms with Crippen molar-refractivity contribution in [2.24, 2.45) is 0 Å². The van der Waals surface area contributed by atoms with Crippen molar-refractivity contribution in [1.29, 1.82) is 0 Å². The maximum atomic E-state index is 12.5. The van der Waals surface area contributed by atoms with E-state index in [0.717, 1.165) is 17.3 Å². The van der Waals surface area contributed by atoms with Gasteiger partial charge in [-0.15, -0.1) is 0 Å². The Morgan fingerprint density at radius 2 is 2.16 bits per heavy atom. The van der Waals surface area contributed by atoms with Crippen LogP contribution in [-0.2, 0) is 6.18 Å². The number of aromatic nitrogens is 2. The molecule has 1 aliphatic rings. The fraction of sp³-hybridized carbons (Fsp3) is 0.600. The standard InChI is InChI=1S/C10H13F3N4S2/c11-10(12,13)9-16-7(14)3-8(17-9)15-4-6-5-18-1-2-19-6/h3,6H,1-2,4-5H2,(H3,14,15,16,17). The Labute approximate surface area is 117 Å². The summed E-state index contributed by atoms with van der Waals surface area (Å²) in [5.74, 6) is 1.91. The van der Waals surface area contributed by atoms with E-state index in [9.17, 15) is 13.2 Å². The van der Waals surface area contributed by atoms with Gasteiger partial charge in [-0.1, -0.05) is 0 Å². The second-order valence-electron chi connectivity index (χ2n) is 3.95. The fourth-order valence-corrected chi connectivity index (χ4v) is 4.17. The van der Waals surface area contributed by atoms with Gasteiger partial charge in [-0.25, -0.2) is 9.97 Å².